The highest BCUT2D eigenvalue weighted by Gasteiger charge is 2.09. The van der Waals surface area contributed by atoms with Crippen LogP contribution in [-0.4, -0.2) is 18.5 Å². The quantitative estimate of drug-likeness (QED) is 0.776. The Morgan fingerprint density at radius 3 is 2.56 bits per heavy atom. The first kappa shape index (κ1) is 14.7. The number of hydrogen-bond donors (Lipinski definition) is 2. The second-order valence-corrected chi connectivity index (χ2v) is 5.04. The first-order valence-corrected chi connectivity index (χ1v) is 6.65. The molecule has 3 nitrogen and oxygen atoms in total. The molecule has 0 radical (unpaired) electrons. The fourth-order valence-corrected chi connectivity index (χ4v) is 1.86. The molecule has 0 saturated carbocycles. The van der Waals surface area contributed by atoms with Crippen LogP contribution in [0.1, 0.15) is 32.3 Å². The number of nitrogens with two attached hydrogens (primary N) is 1. The molecule has 3 heteroatoms. The monoisotopic (exact) mass is 248 g/mol. The van der Waals surface area contributed by atoms with Gasteiger partial charge in [-0.25, -0.2) is 0 Å². The number of hydrogen-bond acceptors (Lipinski definition) is 2. The van der Waals surface area contributed by atoms with Crippen LogP contribution in [0, 0.1) is 5.92 Å². The SMILES string of the molecule is CC(CN)CCC(=O)NC(C)Cc1ccccc1. The molecule has 0 fully saturated rings. The summed E-state index contributed by atoms with van der Waals surface area (Å²) in [7, 11) is 0. The number of amides is 1. The Kier molecular flexibility index (Phi) is 6.44. The molecule has 0 bridgehead atoms. The third-order valence-electron chi connectivity index (χ3n) is 3.06. The Balaban J connectivity index is 2.27. The Labute approximate surface area is 110 Å². The molecular weight excluding hydrogens is 224 g/mol. The molecule has 0 spiro atoms. The minimum absolute atomic E-state index is 0.124. The van der Waals surface area contributed by atoms with Gasteiger partial charge >= 0.3 is 0 Å². The van der Waals surface area contributed by atoms with Crippen LogP contribution in [0.15, 0.2) is 30.3 Å². The lowest BCUT2D eigenvalue weighted by Gasteiger charge is -2.15. The zero-order chi connectivity index (χ0) is 13.4. The van der Waals surface area contributed by atoms with Gasteiger partial charge in [0, 0.05) is 12.5 Å². The Hall–Kier alpha value is -1.35. The van der Waals surface area contributed by atoms with Crippen molar-refractivity contribution in [1.29, 1.82) is 0 Å². The number of rotatable bonds is 7. The van der Waals surface area contributed by atoms with Crippen LogP contribution in [-0.2, 0) is 11.2 Å². The van der Waals surface area contributed by atoms with Gasteiger partial charge in [0.1, 0.15) is 0 Å². The lowest BCUT2D eigenvalue weighted by molar-refractivity contribution is -0.121. The largest absolute Gasteiger partial charge is 0.353 e. The van der Waals surface area contributed by atoms with Gasteiger partial charge in [-0.1, -0.05) is 37.3 Å². The molecule has 1 aromatic carbocycles. The van der Waals surface area contributed by atoms with Crippen LogP contribution in [0.5, 0.6) is 0 Å². The standard InChI is InChI=1S/C15H24N2O/c1-12(11-16)8-9-15(18)17-13(2)10-14-6-4-3-5-7-14/h3-7,12-13H,8-11,16H2,1-2H3,(H,17,18). The second kappa shape index (κ2) is 7.88. The first-order chi connectivity index (χ1) is 8.61. The topological polar surface area (TPSA) is 55.1 Å². The third kappa shape index (κ3) is 5.82. The zero-order valence-corrected chi connectivity index (χ0v) is 11.4. The molecule has 0 aliphatic rings. The summed E-state index contributed by atoms with van der Waals surface area (Å²) in [6.45, 7) is 4.75. The second-order valence-electron chi connectivity index (χ2n) is 5.04. The number of carbonyl (C=O) groups is 1. The number of carbonyl (C=O) groups excluding carboxylic acids is 1. The lowest BCUT2D eigenvalue weighted by Crippen LogP contribution is -2.34. The van der Waals surface area contributed by atoms with Gasteiger partial charge in [-0.15, -0.1) is 0 Å². The maximum absolute atomic E-state index is 11.7. The number of nitrogens with one attached hydrogen (secondary N) is 1. The molecule has 0 heterocycles. The van der Waals surface area contributed by atoms with Gasteiger partial charge in [0.05, 0.1) is 0 Å². The molecule has 100 valence electrons. The van der Waals surface area contributed by atoms with E-state index >= 15 is 0 Å². The maximum atomic E-state index is 11.7. The molecule has 0 aromatic heterocycles. The van der Waals surface area contributed by atoms with E-state index in [1.54, 1.807) is 0 Å². The van der Waals surface area contributed by atoms with Crippen molar-refractivity contribution in [1.82, 2.24) is 5.32 Å². The fourth-order valence-electron chi connectivity index (χ4n) is 1.86. The smallest absolute Gasteiger partial charge is 0.220 e. The molecule has 0 aliphatic carbocycles. The molecule has 0 aliphatic heterocycles. The summed E-state index contributed by atoms with van der Waals surface area (Å²) in [6, 6.07) is 10.4. The first-order valence-electron chi connectivity index (χ1n) is 6.65. The fraction of sp³-hybridized carbons (Fsp3) is 0.533. The Morgan fingerprint density at radius 1 is 1.28 bits per heavy atom. The van der Waals surface area contributed by atoms with Crippen molar-refractivity contribution in [2.75, 3.05) is 6.54 Å². The van der Waals surface area contributed by atoms with E-state index in [-0.39, 0.29) is 11.9 Å². The predicted octanol–water partition coefficient (Wildman–Crippen LogP) is 2.11. The summed E-state index contributed by atoms with van der Waals surface area (Å²) in [5.74, 6) is 0.541. The number of benzene rings is 1. The molecule has 3 N–H and O–H groups in total. The van der Waals surface area contributed by atoms with Crippen LogP contribution in [0.3, 0.4) is 0 Å². The molecular formula is C15H24N2O. The molecule has 1 rings (SSSR count). The summed E-state index contributed by atoms with van der Waals surface area (Å²) in [5.41, 5.74) is 6.78. The summed E-state index contributed by atoms with van der Waals surface area (Å²) >= 11 is 0. The molecule has 18 heavy (non-hydrogen) atoms. The summed E-state index contributed by atoms with van der Waals surface area (Å²) in [6.07, 6.45) is 2.30. The molecule has 2 atom stereocenters. The van der Waals surface area contributed by atoms with Gasteiger partial charge in [-0.3, -0.25) is 4.79 Å². The van der Waals surface area contributed by atoms with Crippen molar-refractivity contribution in [3.05, 3.63) is 35.9 Å². The molecule has 1 amide bonds. The molecule has 0 saturated heterocycles. The highest BCUT2D eigenvalue weighted by Crippen LogP contribution is 2.05. The van der Waals surface area contributed by atoms with Gasteiger partial charge in [0.25, 0.3) is 0 Å². The van der Waals surface area contributed by atoms with Crippen molar-refractivity contribution >= 4 is 5.91 Å². The van der Waals surface area contributed by atoms with E-state index in [0.29, 0.717) is 18.9 Å². The van der Waals surface area contributed by atoms with Gasteiger partial charge < -0.3 is 11.1 Å². The lowest BCUT2D eigenvalue weighted by atomic mass is 10.0. The normalized spacial score (nSPS) is 13.9. The van der Waals surface area contributed by atoms with Crippen LogP contribution in [0.25, 0.3) is 0 Å². The van der Waals surface area contributed by atoms with Gasteiger partial charge in [-0.2, -0.15) is 0 Å². The van der Waals surface area contributed by atoms with Gasteiger partial charge in [-0.05, 0) is 37.8 Å². The van der Waals surface area contributed by atoms with E-state index in [4.69, 9.17) is 5.73 Å². The van der Waals surface area contributed by atoms with Crippen molar-refractivity contribution in [3.63, 3.8) is 0 Å². The third-order valence-corrected chi connectivity index (χ3v) is 3.06. The molecule has 1 aromatic rings. The summed E-state index contributed by atoms with van der Waals surface area (Å²) < 4.78 is 0. The highest BCUT2D eigenvalue weighted by molar-refractivity contribution is 5.76. The van der Waals surface area contributed by atoms with Gasteiger partial charge in [0.15, 0.2) is 0 Å². The van der Waals surface area contributed by atoms with Crippen LogP contribution in [0.2, 0.25) is 0 Å². The summed E-state index contributed by atoms with van der Waals surface area (Å²) in [4.78, 5) is 11.7. The van der Waals surface area contributed by atoms with Crippen LogP contribution in [0.4, 0.5) is 0 Å². The van der Waals surface area contributed by atoms with E-state index in [1.165, 1.54) is 5.56 Å². The van der Waals surface area contributed by atoms with Crippen LogP contribution >= 0.6 is 0 Å². The van der Waals surface area contributed by atoms with Crippen molar-refractivity contribution < 1.29 is 4.79 Å². The maximum Gasteiger partial charge on any atom is 0.220 e. The Morgan fingerprint density at radius 2 is 1.94 bits per heavy atom. The van der Waals surface area contributed by atoms with E-state index in [9.17, 15) is 4.79 Å². The van der Waals surface area contributed by atoms with E-state index in [1.807, 2.05) is 25.1 Å². The highest BCUT2D eigenvalue weighted by atomic mass is 16.1. The van der Waals surface area contributed by atoms with E-state index in [0.717, 1.165) is 12.8 Å². The van der Waals surface area contributed by atoms with E-state index < -0.39 is 0 Å². The average molecular weight is 248 g/mol. The van der Waals surface area contributed by atoms with Crippen molar-refractivity contribution in [2.45, 2.75) is 39.2 Å². The van der Waals surface area contributed by atoms with E-state index in [2.05, 4.69) is 24.4 Å². The van der Waals surface area contributed by atoms with Crippen molar-refractivity contribution in [2.24, 2.45) is 11.7 Å². The molecule has 2 unspecified atom stereocenters. The zero-order valence-electron chi connectivity index (χ0n) is 11.4. The minimum atomic E-state index is 0.124. The predicted molar refractivity (Wildman–Crippen MR) is 75.2 cm³/mol. The minimum Gasteiger partial charge on any atom is -0.353 e. The Bertz CT molecular complexity index is 351. The van der Waals surface area contributed by atoms with Crippen LogP contribution < -0.4 is 11.1 Å². The van der Waals surface area contributed by atoms with Gasteiger partial charge in [0.2, 0.25) is 5.91 Å². The average Bonchev–Trinajstić information content (AvgIpc) is 2.37. The van der Waals surface area contributed by atoms with Crippen molar-refractivity contribution in [3.8, 4) is 0 Å². The summed E-state index contributed by atoms with van der Waals surface area (Å²) in [5, 5.41) is 3.03.